The van der Waals surface area contributed by atoms with Gasteiger partial charge >= 0.3 is 0 Å². The Balaban J connectivity index is 1.64. The first-order valence-electron chi connectivity index (χ1n) is 9.42. The molecule has 3 atom stereocenters. The number of carbonyl (C=O) groups excluding carboxylic acids is 1. The molecule has 1 amide bonds. The monoisotopic (exact) mass is 370 g/mol. The van der Waals surface area contributed by atoms with Crippen LogP contribution in [0.15, 0.2) is 48.7 Å². The second-order valence-corrected chi connectivity index (χ2v) is 7.57. The van der Waals surface area contributed by atoms with E-state index in [0.29, 0.717) is 17.9 Å². The molecule has 1 aromatic heterocycles. The Morgan fingerprint density at radius 2 is 2.07 bits per heavy atom. The first-order chi connectivity index (χ1) is 13.5. The molecule has 3 N–H and O–H groups in total. The van der Waals surface area contributed by atoms with Gasteiger partial charge in [0.15, 0.2) is 0 Å². The summed E-state index contributed by atoms with van der Waals surface area (Å²) in [7, 11) is 0. The largest absolute Gasteiger partial charge is 0.398 e. The number of hydrogen-bond donors (Lipinski definition) is 2. The Hall–Kier alpha value is -3.39. The maximum atomic E-state index is 12.5. The summed E-state index contributed by atoms with van der Waals surface area (Å²) < 4.78 is 0. The van der Waals surface area contributed by atoms with Gasteiger partial charge in [0.2, 0.25) is 5.91 Å². The Labute approximate surface area is 164 Å². The van der Waals surface area contributed by atoms with Gasteiger partial charge in [-0.3, -0.25) is 4.79 Å². The fraction of sp³-hybridized carbons (Fsp3) is 0.261. The van der Waals surface area contributed by atoms with Crippen molar-refractivity contribution in [3.8, 4) is 17.2 Å². The third kappa shape index (κ3) is 3.18. The zero-order valence-corrected chi connectivity index (χ0v) is 15.9. The van der Waals surface area contributed by atoms with Crippen molar-refractivity contribution in [1.82, 2.24) is 4.98 Å². The molecule has 1 fully saturated rings. The number of aromatic nitrogens is 1. The van der Waals surface area contributed by atoms with Crippen molar-refractivity contribution < 1.29 is 4.79 Å². The number of pyridine rings is 1. The highest BCUT2D eigenvalue weighted by Crippen LogP contribution is 2.48. The fourth-order valence-corrected chi connectivity index (χ4v) is 4.01. The summed E-state index contributed by atoms with van der Waals surface area (Å²) in [6, 6.07) is 16.2. The maximum Gasteiger partial charge on any atom is 0.229 e. The minimum Gasteiger partial charge on any atom is -0.398 e. The standard InChI is InChI=1S/C23H22N4O/c1-13-5-3-4-6-17(13)15-9-16-11-21(26-12-19(16)20(25)10-15)27-23(28)22-14(2)18(22)7-8-24/h3-6,9-12,14,18,22H,7,25H2,1-2H3,(H,26,27,28)/t14-,18+,22+/m1/s1. The number of nitrogen functional groups attached to an aromatic ring is 1. The number of anilines is 2. The summed E-state index contributed by atoms with van der Waals surface area (Å²) in [5, 5.41) is 13.6. The molecule has 28 heavy (non-hydrogen) atoms. The molecule has 5 heteroatoms. The fourth-order valence-electron chi connectivity index (χ4n) is 4.01. The molecule has 0 saturated heterocycles. The molecule has 1 aliphatic rings. The molecular formula is C23H22N4O. The number of rotatable bonds is 4. The van der Waals surface area contributed by atoms with Crippen molar-refractivity contribution in [2.24, 2.45) is 17.8 Å². The normalized spacial score (nSPS) is 20.5. The van der Waals surface area contributed by atoms with Crippen molar-refractivity contribution in [2.45, 2.75) is 20.3 Å². The van der Waals surface area contributed by atoms with Gasteiger partial charge in [-0.25, -0.2) is 4.98 Å². The molecule has 3 aromatic rings. The van der Waals surface area contributed by atoms with Crippen LogP contribution in [-0.2, 0) is 4.79 Å². The molecule has 0 unspecified atom stereocenters. The van der Waals surface area contributed by atoms with Crippen molar-refractivity contribution in [2.75, 3.05) is 11.1 Å². The van der Waals surface area contributed by atoms with Gasteiger partial charge in [0, 0.05) is 29.6 Å². The Morgan fingerprint density at radius 1 is 1.29 bits per heavy atom. The summed E-state index contributed by atoms with van der Waals surface area (Å²) in [4.78, 5) is 16.9. The highest BCUT2D eigenvalue weighted by atomic mass is 16.2. The van der Waals surface area contributed by atoms with Crippen molar-refractivity contribution >= 4 is 28.2 Å². The van der Waals surface area contributed by atoms with E-state index >= 15 is 0 Å². The summed E-state index contributed by atoms with van der Waals surface area (Å²) in [5.74, 6) is 0.717. The molecule has 0 spiro atoms. The van der Waals surface area contributed by atoms with Crippen molar-refractivity contribution in [1.29, 1.82) is 5.26 Å². The lowest BCUT2D eigenvalue weighted by Crippen LogP contribution is -2.16. The van der Waals surface area contributed by atoms with Gasteiger partial charge in [0.05, 0.1) is 6.07 Å². The average molecular weight is 370 g/mol. The van der Waals surface area contributed by atoms with Gasteiger partial charge in [0.25, 0.3) is 0 Å². The maximum absolute atomic E-state index is 12.5. The van der Waals surface area contributed by atoms with E-state index in [1.807, 2.05) is 31.2 Å². The number of nitrogens with zero attached hydrogens (tertiary/aromatic N) is 2. The number of amides is 1. The average Bonchev–Trinajstić information content (AvgIpc) is 3.31. The lowest BCUT2D eigenvalue weighted by molar-refractivity contribution is -0.117. The van der Waals surface area contributed by atoms with Crippen LogP contribution >= 0.6 is 0 Å². The molecule has 1 heterocycles. The summed E-state index contributed by atoms with van der Waals surface area (Å²) in [6.07, 6.45) is 2.12. The van der Waals surface area contributed by atoms with E-state index in [-0.39, 0.29) is 23.7 Å². The summed E-state index contributed by atoms with van der Waals surface area (Å²) >= 11 is 0. The van der Waals surface area contributed by atoms with E-state index in [4.69, 9.17) is 11.0 Å². The van der Waals surface area contributed by atoms with E-state index < -0.39 is 0 Å². The molecule has 0 radical (unpaired) electrons. The molecule has 4 rings (SSSR count). The van der Waals surface area contributed by atoms with Crippen molar-refractivity contribution in [3.63, 3.8) is 0 Å². The summed E-state index contributed by atoms with van der Waals surface area (Å²) in [6.45, 7) is 4.08. The van der Waals surface area contributed by atoms with E-state index in [2.05, 4.69) is 41.5 Å². The van der Waals surface area contributed by atoms with Gasteiger partial charge in [-0.1, -0.05) is 31.2 Å². The number of nitriles is 1. The molecule has 0 bridgehead atoms. The second-order valence-electron chi connectivity index (χ2n) is 7.57. The SMILES string of the molecule is Cc1ccccc1-c1cc(N)c2cnc(NC(=O)[C@H]3[C@H](C)[C@@H]3CC#N)cc2c1. The van der Waals surface area contributed by atoms with Crippen LogP contribution in [0.25, 0.3) is 21.9 Å². The van der Waals surface area contributed by atoms with Crippen LogP contribution in [0.3, 0.4) is 0 Å². The molecule has 140 valence electrons. The van der Waals surface area contributed by atoms with Crippen LogP contribution in [0.5, 0.6) is 0 Å². The second kappa shape index (κ2) is 6.97. The zero-order chi connectivity index (χ0) is 19.8. The Morgan fingerprint density at radius 3 is 2.82 bits per heavy atom. The zero-order valence-electron chi connectivity index (χ0n) is 15.9. The molecule has 5 nitrogen and oxygen atoms in total. The highest BCUT2D eigenvalue weighted by molar-refractivity contribution is 6.00. The third-order valence-electron chi connectivity index (χ3n) is 5.77. The van der Waals surface area contributed by atoms with E-state index in [0.717, 1.165) is 21.9 Å². The lowest BCUT2D eigenvalue weighted by Gasteiger charge is -2.11. The molecule has 0 aliphatic heterocycles. The van der Waals surface area contributed by atoms with Gasteiger partial charge in [-0.05, 0) is 59.0 Å². The summed E-state index contributed by atoms with van der Waals surface area (Å²) in [5.41, 5.74) is 10.3. The van der Waals surface area contributed by atoms with Crippen LogP contribution in [0, 0.1) is 36.0 Å². The highest BCUT2D eigenvalue weighted by Gasteiger charge is 2.51. The molecule has 2 aromatic carbocycles. The van der Waals surface area contributed by atoms with Crippen LogP contribution < -0.4 is 11.1 Å². The Bertz CT molecular complexity index is 1120. The number of carbonyl (C=O) groups is 1. The molecular weight excluding hydrogens is 348 g/mol. The van der Waals surface area contributed by atoms with E-state index in [9.17, 15) is 4.79 Å². The lowest BCUT2D eigenvalue weighted by atomic mass is 9.97. The van der Waals surface area contributed by atoms with Gasteiger partial charge < -0.3 is 11.1 Å². The van der Waals surface area contributed by atoms with Crippen LogP contribution in [0.2, 0.25) is 0 Å². The van der Waals surface area contributed by atoms with E-state index in [1.165, 1.54) is 5.56 Å². The van der Waals surface area contributed by atoms with Crippen LogP contribution in [0.4, 0.5) is 11.5 Å². The van der Waals surface area contributed by atoms with Gasteiger partial charge in [0.1, 0.15) is 5.82 Å². The predicted molar refractivity (Wildman–Crippen MR) is 111 cm³/mol. The number of fused-ring (bicyclic) bond motifs is 1. The number of aryl methyl sites for hydroxylation is 1. The predicted octanol–water partition coefficient (Wildman–Crippen LogP) is 4.53. The van der Waals surface area contributed by atoms with Gasteiger partial charge in [-0.2, -0.15) is 5.26 Å². The first kappa shape index (κ1) is 18.0. The first-order valence-corrected chi connectivity index (χ1v) is 9.42. The van der Waals surface area contributed by atoms with Gasteiger partial charge in [-0.15, -0.1) is 0 Å². The number of nitrogens with two attached hydrogens (primary N) is 1. The quantitative estimate of drug-likeness (QED) is 0.660. The number of benzene rings is 2. The molecule has 1 saturated carbocycles. The minimum atomic E-state index is -0.111. The number of hydrogen-bond acceptors (Lipinski definition) is 4. The molecule has 1 aliphatic carbocycles. The van der Waals surface area contributed by atoms with E-state index in [1.54, 1.807) is 6.20 Å². The topological polar surface area (TPSA) is 91.8 Å². The third-order valence-corrected chi connectivity index (χ3v) is 5.77. The number of nitrogens with one attached hydrogen (secondary N) is 1. The minimum absolute atomic E-state index is 0.0670. The van der Waals surface area contributed by atoms with Crippen LogP contribution in [-0.4, -0.2) is 10.9 Å². The smallest absolute Gasteiger partial charge is 0.229 e. The van der Waals surface area contributed by atoms with Crippen molar-refractivity contribution in [3.05, 3.63) is 54.2 Å². The Kier molecular flexibility index (Phi) is 4.48. The van der Waals surface area contributed by atoms with Crippen LogP contribution in [0.1, 0.15) is 18.9 Å².